The standard InChI is InChI=1S/C17H24FNOS/c1-13(15-7-9-16(18)10-8-15)21-12-17(20)19-11-14-5-3-2-4-6-14/h7-10,13-14H,2-6,11-12H2,1H3,(H,19,20). The number of carbonyl (C=O) groups is 1. The van der Waals surface area contributed by atoms with E-state index >= 15 is 0 Å². The number of amides is 1. The number of hydrogen-bond acceptors (Lipinski definition) is 2. The van der Waals surface area contributed by atoms with Crippen LogP contribution in [0.2, 0.25) is 0 Å². The van der Waals surface area contributed by atoms with Gasteiger partial charge in [-0.3, -0.25) is 4.79 Å². The highest BCUT2D eigenvalue weighted by molar-refractivity contribution is 8.00. The molecular weight excluding hydrogens is 285 g/mol. The Hall–Kier alpha value is -1.03. The molecule has 1 saturated carbocycles. The lowest BCUT2D eigenvalue weighted by Gasteiger charge is -2.21. The normalized spacial score (nSPS) is 17.4. The van der Waals surface area contributed by atoms with Crippen LogP contribution in [-0.4, -0.2) is 18.2 Å². The van der Waals surface area contributed by atoms with E-state index in [9.17, 15) is 9.18 Å². The molecule has 0 heterocycles. The van der Waals surface area contributed by atoms with Crippen LogP contribution >= 0.6 is 11.8 Å². The van der Waals surface area contributed by atoms with Gasteiger partial charge in [0.2, 0.25) is 5.91 Å². The van der Waals surface area contributed by atoms with Crippen LogP contribution < -0.4 is 5.32 Å². The first-order chi connectivity index (χ1) is 10.1. The number of nitrogens with one attached hydrogen (secondary N) is 1. The maximum atomic E-state index is 12.9. The molecule has 2 nitrogen and oxygen atoms in total. The highest BCUT2D eigenvalue weighted by atomic mass is 32.2. The van der Waals surface area contributed by atoms with Crippen molar-refractivity contribution in [2.24, 2.45) is 5.92 Å². The van der Waals surface area contributed by atoms with Crippen molar-refractivity contribution in [2.45, 2.75) is 44.3 Å². The summed E-state index contributed by atoms with van der Waals surface area (Å²) in [6, 6.07) is 6.50. The van der Waals surface area contributed by atoms with E-state index < -0.39 is 0 Å². The van der Waals surface area contributed by atoms with Gasteiger partial charge in [-0.2, -0.15) is 0 Å². The third-order valence-corrected chi connectivity index (χ3v) is 5.32. The van der Waals surface area contributed by atoms with Crippen molar-refractivity contribution in [1.82, 2.24) is 5.32 Å². The Morgan fingerprint density at radius 3 is 2.62 bits per heavy atom. The zero-order valence-electron chi connectivity index (χ0n) is 12.6. The summed E-state index contributed by atoms with van der Waals surface area (Å²) in [5, 5.41) is 3.25. The fourth-order valence-corrected chi connectivity index (χ4v) is 3.58. The van der Waals surface area contributed by atoms with E-state index in [1.165, 1.54) is 44.2 Å². The Labute approximate surface area is 130 Å². The molecule has 1 aromatic rings. The monoisotopic (exact) mass is 309 g/mol. The topological polar surface area (TPSA) is 29.1 Å². The molecule has 1 amide bonds. The Morgan fingerprint density at radius 1 is 1.29 bits per heavy atom. The highest BCUT2D eigenvalue weighted by Gasteiger charge is 2.15. The molecular formula is C17H24FNOS. The fraction of sp³-hybridized carbons (Fsp3) is 0.588. The van der Waals surface area contributed by atoms with E-state index in [-0.39, 0.29) is 17.0 Å². The average molecular weight is 309 g/mol. The van der Waals surface area contributed by atoms with Crippen LogP contribution in [0.3, 0.4) is 0 Å². The molecule has 116 valence electrons. The predicted octanol–water partition coefficient (Wildman–Crippen LogP) is 4.32. The molecule has 1 fully saturated rings. The van der Waals surface area contributed by atoms with Gasteiger partial charge in [0.25, 0.3) is 0 Å². The van der Waals surface area contributed by atoms with E-state index in [0.29, 0.717) is 11.7 Å². The lowest BCUT2D eigenvalue weighted by molar-refractivity contribution is -0.118. The van der Waals surface area contributed by atoms with Gasteiger partial charge < -0.3 is 5.32 Å². The Morgan fingerprint density at radius 2 is 1.95 bits per heavy atom. The lowest BCUT2D eigenvalue weighted by Crippen LogP contribution is -2.31. The van der Waals surface area contributed by atoms with Crippen LogP contribution in [0.15, 0.2) is 24.3 Å². The Bertz CT molecular complexity index is 443. The van der Waals surface area contributed by atoms with Crippen molar-refractivity contribution in [1.29, 1.82) is 0 Å². The van der Waals surface area contributed by atoms with Crippen LogP contribution in [0.5, 0.6) is 0 Å². The molecule has 1 aliphatic carbocycles. The van der Waals surface area contributed by atoms with Crippen molar-refractivity contribution in [3.05, 3.63) is 35.6 Å². The van der Waals surface area contributed by atoms with Gasteiger partial charge in [-0.1, -0.05) is 31.4 Å². The molecule has 0 aliphatic heterocycles. The van der Waals surface area contributed by atoms with E-state index in [1.807, 2.05) is 6.92 Å². The van der Waals surface area contributed by atoms with Gasteiger partial charge in [0.05, 0.1) is 5.75 Å². The van der Waals surface area contributed by atoms with E-state index in [0.717, 1.165) is 12.1 Å². The molecule has 0 radical (unpaired) electrons. The van der Waals surface area contributed by atoms with Gasteiger partial charge in [-0.05, 0) is 43.4 Å². The third-order valence-electron chi connectivity index (χ3n) is 4.12. The van der Waals surface area contributed by atoms with Crippen molar-refractivity contribution in [3.63, 3.8) is 0 Å². The minimum absolute atomic E-state index is 0.111. The first kappa shape index (κ1) is 16.3. The van der Waals surface area contributed by atoms with Crippen LogP contribution in [0.25, 0.3) is 0 Å². The molecule has 0 bridgehead atoms. The number of halogens is 1. The van der Waals surface area contributed by atoms with Gasteiger partial charge in [-0.25, -0.2) is 4.39 Å². The first-order valence-electron chi connectivity index (χ1n) is 7.79. The molecule has 1 aliphatic rings. The third kappa shape index (κ3) is 5.70. The average Bonchev–Trinajstić information content (AvgIpc) is 2.52. The molecule has 0 spiro atoms. The second-order valence-corrected chi connectivity index (χ2v) is 7.14. The predicted molar refractivity (Wildman–Crippen MR) is 86.9 cm³/mol. The van der Waals surface area contributed by atoms with Gasteiger partial charge in [-0.15, -0.1) is 11.8 Å². The number of hydrogen-bond donors (Lipinski definition) is 1. The molecule has 0 saturated heterocycles. The minimum atomic E-state index is -0.221. The Balaban J connectivity index is 1.67. The highest BCUT2D eigenvalue weighted by Crippen LogP contribution is 2.28. The summed E-state index contributed by atoms with van der Waals surface area (Å²) in [5.41, 5.74) is 1.06. The number of rotatable bonds is 6. The molecule has 21 heavy (non-hydrogen) atoms. The van der Waals surface area contributed by atoms with Crippen LogP contribution in [-0.2, 0) is 4.79 Å². The van der Waals surface area contributed by atoms with E-state index in [2.05, 4.69) is 5.32 Å². The van der Waals surface area contributed by atoms with Crippen LogP contribution in [0, 0.1) is 11.7 Å². The van der Waals surface area contributed by atoms with Crippen molar-refractivity contribution >= 4 is 17.7 Å². The van der Waals surface area contributed by atoms with Crippen molar-refractivity contribution in [3.8, 4) is 0 Å². The number of carbonyl (C=O) groups excluding carboxylic acids is 1. The quantitative estimate of drug-likeness (QED) is 0.848. The van der Waals surface area contributed by atoms with Gasteiger partial charge in [0, 0.05) is 11.8 Å². The van der Waals surface area contributed by atoms with Crippen LogP contribution in [0.1, 0.15) is 49.8 Å². The maximum Gasteiger partial charge on any atom is 0.230 e. The largest absolute Gasteiger partial charge is 0.355 e. The van der Waals surface area contributed by atoms with Crippen LogP contribution in [0.4, 0.5) is 4.39 Å². The summed E-state index contributed by atoms with van der Waals surface area (Å²) < 4.78 is 12.9. The fourth-order valence-electron chi connectivity index (χ4n) is 2.73. The van der Waals surface area contributed by atoms with E-state index in [4.69, 9.17) is 0 Å². The zero-order valence-corrected chi connectivity index (χ0v) is 13.4. The smallest absolute Gasteiger partial charge is 0.230 e. The van der Waals surface area contributed by atoms with Crippen molar-refractivity contribution in [2.75, 3.05) is 12.3 Å². The Kier molecular flexibility index (Phi) is 6.55. The molecule has 1 atom stereocenters. The zero-order chi connectivity index (χ0) is 15.1. The summed E-state index contributed by atoms with van der Waals surface area (Å²) in [6.07, 6.45) is 6.45. The van der Waals surface area contributed by atoms with Gasteiger partial charge in [0.1, 0.15) is 5.82 Å². The van der Waals surface area contributed by atoms with Crippen molar-refractivity contribution < 1.29 is 9.18 Å². The SMILES string of the molecule is CC(SCC(=O)NCC1CCCCC1)c1ccc(F)cc1. The second-order valence-electron chi connectivity index (χ2n) is 5.81. The molecule has 2 rings (SSSR count). The number of thioether (sulfide) groups is 1. The molecule has 1 N–H and O–H groups in total. The lowest BCUT2D eigenvalue weighted by atomic mass is 9.89. The molecule has 4 heteroatoms. The summed E-state index contributed by atoms with van der Waals surface area (Å²) in [7, 11) is 0. The summed E-state index contributed by atoms with van der Waals surface area (Å²) in [6.45, 7) is 2.87. The molecule has 0 aromatic heterocycles. The molecule has 1 aromatic carbocycles. The maximum absolute atomic E-state index is 12.9. The summed E-state index contributed by atoms with van der Waals surface area (Å²) in [5.74, 6) is 1.02. The molecule has 1 unspecified atom stereocenters. The minimum Gasteiger partial charge on any atom is -0.355 e. The number of benzene rings is 1. The van der Waals surface area contributed by atoms with Gasteiger partial charge in [0.15, 0.2) is 0 Å². The first-order valence-corrected chi connectivity index (χ1v) is 8.84. The van der Waals surface area contributed by atoms with Gasteiger partial charge >= 0.3 is 0 Å². The summed E-state index contributed by atoms with van der Waals surface area (Å²) >= 11 is 1.60. The summed E-state index contributed by atoms with van der Waals surface area (Å²) in [4.78, 5) is 11.9. The second kappa shape index (κ2) is 8.42. The van der Waals surface area contributed by atoms with E-state index in [1.54, 1.807) is 23.9 Å².